The molecule has 0 heterocycles. The topological polar surface area (TPSA) is 21.3 Å². The SMILES string of the molecule is Clc1ccc(COc2ccc(Br)cc2CNc2ccc(Cl)cc2Cl)cc1. The Balaban J connectivity index is 1.71. The van der Waals surface area contributed by atoms with Gasteiger partial charge in [-0.1, -0.05) is 62.9 Å². The number of anilines is 1. The molecule has 0 saturated carbocycles. The molecular formula is C20H15BrCl3NO. The number of hydrogen-bond acceptors (Lipinski definition) is 2. The average Bonchev–Trinajstić information content (AvgIpc) is 2.61. The standard InChI is InChI=1S/C20H15BrCl3NO/c21-15-3-8-20(26-12-13-1-4-16(22)5-2-13)14(9-15)11-25-19-7-6-17(23)10-18(19)24/h1-10,25H,11-12H2. The van der Waals surface area contributed by atoms with E-state index in [0.29, 0.717) is 28.2 Å². The highest BCUT2D eigenvalue weighted by atomic mass is 79.9. The van der Waals surface area contributed by atoms with Crippen molar-refractivity contribution in [2.24, 2.45) is 0 Å². The summed E-state index contributed by atoms with van der Waals surface area (Å²) in [5, 5.41) is 5.22. The second-order valence-electron chi connectivity index (χ2n) is 5.64. The Bertz CT molecular complexity index is 900. The van der Waals surface area contributed by atoms with Crippen LogP contribution < -0.4 is 10.1 Å². The van der Waals surface area contributed by atoms with E-state index in [1.54, 1.807) is 12.1 Å². The maximum absolute atomic E-state index is 6.22. The lowest BCUT2D eigenvalue weighted by Crippen LogP contribution is -2.04. The second-order valence-corrected chi connectivity index (χ2v) is 7.84. The Hall–Kier alpha value is -1.39. The minimum atomic E-state index is 0.466. The smallest absolute Gasteiger partial charge is 0.124 e. The third-order valence-corrected chi connectivity index (χ3v) is 5.02. The lowest BCUT2D eigenvalue weighted by molar-refractivity contribution is 0.303. The van der Waals surface area contributed by atoms with E-state index in [1.807, 2.05) is 48.5 Å². The molecule has 0 unspecified atom stereocenters. The van der Waals surface area contributed by atoms with Crippen LogP contribution in [0.25, 0.3) is 0 Å². The Labute approximate surface area is 176 Å². The van der Waals surface area contributed by atoms with Gasteiger partial charge in [-0.05, 0) is 54.1 Å². The Morgan fingerprint density at radius 1 is 0.846 bits per heavy atom. The first-order valence-corrected chi connectivity index (χ1v) is 9.78. The van der Waals surface area contributed by atoms with Crippen molar-refractivity contribution >= 4 is 56.4 Å². The fraction of sp³-hybridized carbons (Fsp3) is 0.100. The van der Waals surface area contributed by atoms with Crippen LogP contribution >= 0.6 is 50.7 Å². The summed E-state index contributed by atoms with van der Waals surface area (Å²) in [5.41, 5.74) is 2.89. The molecule has 0 aromatic heterocycles. The Morgan fingerprint density at radius 2 is 1.58 bits per heavy atom. The molecule has 0 atom stereocenters. The molecule has 1 N–H and O–H groups in total. The summed E-state index contributed by atoms with van der Waals surface area (Å²) in [6.45, 7) is 1.03. The van der Waals surface area contributed by atoms with Crippen LogP contribution in [0.15, 0.2) is 65.1 Å². The molecule has 0 saturated heterocycles. The van der Waals surface area contributed by atoms with Gasteiger partial charge in [-0.3, -0.25) is 0 Å². The van der Waals surface area contributed by atoms with Gasteiger partial charge in [0.2, 0.25) is 0 Å². The van der Waals surface area contributed by atoms with E-state index in [4.69, 9.17) is 39.5 Å². The van der Waals surface area contributed by atoms with Crippen LogP contribution in [0.2, 0.25) is 15.1 Å². The monoisotopic (exact) mass is 469 g/mol. The van der Waals surface area contributed by atoms with Crippen LogP contribution in [0.4, 0.5) is 5.69 Å². The largest absolute Gasteiger partial charge is 0.489 e. The summed E-state index contributed by atoms with van der Waals surface area (Å²) in [5.74, 6) is 0.806. The van der Waals surface area contributed by atoms with Gasteiger partial charge < -0.3 is 10.1 Å². The van der Waals surface area contributed by atoms with Crippen molar-refractivity contribution in [3.8, 4) is 5.75 Å². The molecule has 0 radical (unpaired) electrons. The third kappa shape index (κ3) is 5.31. The lowest BCUT2D eigenvalue weighted by atomic mass is 10.2. The molecule has 2 nitrogen and oxygen atoms in total. The van der Waals surface area contributed by atoms with E-state index in [9.17, 15) is 0 Å². The number of hydrogen-bond donors (Lipinski definition) is 1. The van der Waals surface area contributed by atoms with Gasteiger partial charge in [0.25, 0.3) is 0 Å². The first-order chi connectivity index (χ1) is 12.5. The molecule has 0 spiro atoms. The quantitative estimate of drug-likeness (QED) is 0.400. The van der Waals surface area contributed by atoms with Crippen molar-refractivity contribution in [2.45, 2.75) is 13.2 Å². The molecule has 0 fully saturated rings. The van der Waals surface area contributed by atoms with Gasteiger partial charge in [-0.2, -0.15) is 0 Å². The summed E-state index contributed by atoms with van der Waals surface area (Å²) in [4.78, 5) is 0. The first-order valence-electron chi connectivity index (χ1n) is 7.86. The first kappa shape index (κ1) is 19.4. The second kappa shape index (κ2) is 9.01. The highest BCUT2D eigenvalue weighted by molar-refractivity contribution is 9.10. The zero-order chi connectivity index (χ0) is 18.5. The predicted octanol–water partition coefficient (Wildman–Crippen LogP) is 7.60. The van der Waals surface area contributed by atoms with Crippen molar-refractivity contribution in [3.05, 3.63) is 91.3 Å². The van der Waals surface area contributed by atoms with Gasteiger partial charge in [-0.15, -0.1) is 0 Å². The van der Waals surface area contributed by atoms with Crippen molar-refractivity contribution < 1.29 is 4.74 Å². The van der Waals surface area contributed by atoms with Crippen molar-refractivity contribution in [1.82, 2.24) is 0 Å². The minimum absolute atomic E-state index is 0.466. The maximum atomic E-state index is 6.22. The number of nitrogens with one attached hydrogen (secondary N) is 1. The van der Waals surface area contributed by atoms with Gasteiger partial charge in [-0.25, -0.2) is 0 Å². The summed E-state index contributed by atoms with van der Waals surface area (Å²) >= 11 is 21.6. The molecule has 3 rings (SSSR count). The summed E-state index contributed by atoms with van der Waals surface area (Å²) < 4.78 is 6.98. The van der Waals surface area contributed by atoms with Crippen molar-refractivity contribution in [2.75, 3.05) is 5.32 Å². The van der Waals surface area contributed by atoms with Crippen molar-refractivity contribution in [1.29, 1.82) is 0 Å². The van der Waals surface area contributed by atoms with Gasteiger partial charge in [0.05, 0.1) is 10.7 Å². The van der Waals surface area contributed by atoms with Crippen LogP contribution in [-0.2, 0) is 13.2 Å². The van der Waals surface area contributed by atoms with Crippen molar-refractivity contribution in [3.63, 3.8) is 0 Å². The van der Waals surface area contributed by atoms with Gasteiger partial charge in [0.1, 0.15) is 12.4 Å². The molecule has 0 aliphatic heterocycles. The molecule has 6 heteroatoms. The van der Waals surface area contributed by atoms with E-state index >= 15 is 0 Å². The van der Waals surface area contributed by atoms with Crippen LogP contribution in [0.3, 0.4) is 0 Å². The van der Waals surface area contributed by atoms with Gasteiger partial charge in [0.15, 0.2) is 0 Å². The van der Waals surface area contributed by atoms with Crippen LogP contribution in [0.5, 0.6) is 5.75 Å². The van der Waals surface area contributed by atoms with E-state index in [-0.39, 0.29) is 0 Å². The molecule has 0 bridgehead atoms. The molecule has 3 aromatic carbocycles. The molecular weight excluding hydrogens is 456 g/mol. The van der Waals surface area contributed by atoms with E-state index in [0.717, 1.165) is 27.0 Å². The molecule has 26 heavy (non-hydrogen) atoms. The maximum Gasteiger partial charge on any atom is 0.124 e. The van der Waals surface area contributed by atoms with E-state index in [2.05, 4.69) is 21.2 Å². The van der Waals surface area contributed by atoms with Crippen LogP contribution in [-0.4, -0.2) is 0 Å². The third-order valence-electron chi connectivity index (χ3n) is 3.73. The Morgan fingerprint density at radius 3 is 2.31 bits per heavy atom. The molecule has 3 aromatic rings. The summed E-state index contributed by atoms with van der Waals surface area (Å²) in [6.07, 6.45) is 0. The average molecular weight is 472 g/mol. The van der Waals surface area contributed by atoms with E-state index < -0.39 is 0 Å². The van der Waals surface area contributed by atoms with Crippen LogP contribution in [0, 0.1) is 0 Å². The number of ether oxygens (including phenoxy) is 1. The predicted molar refractivity (Wildman–Crippen MR) is 114 cm³/mol. The molecule has 0 amide bonds. The summed E-state index contributed by atoms with van der Waals surface area (Å²) in [7, 11) is 0. The Kier molecular flexibility index (Phi) is 6.71. The van der Waals surface area contributed by atoms with Crippen LogP contribution in [0.1, 0.15) is 11.1 Å². The minimum Gasteiger partial charge on any atom is -0.489 e. The van der Waals surface area contributed by atoms with E-state index in [1.165, 1.54) is 0 Å². The molecule has 134 valence electrons. The number of benzene rings is 3. The zero-order valence-corrected chi connectivity index (χ0v) is 17.5. The van der Waals surface area contributed by atoms with Gasteiger partial charge >= 0.3 is 0 Å². The molecule has 0 aliphatic rings. The number of halogens is 4. The normalized spacial score (nSPS) is 10.6. The summed E-state index contributed by atoms with van der Waals surface area (Å²) in [6, 6.07) is 18.9. The highest BCUT2D eigenvalue weighted by Gasteiger charge is 2.07. The zero-order valence-electron chi connectivity index (χ0n) is 13.6. The fourth-order valence-corrected chi connectivity index (χ4v) is 3.40. The lowest BCUT2D eigenvalue weighted by Gasteiger charge is -2.14. The van der Waals surface area contributed by atoms with Gasteiger partial charge in [0, 0.05) is 26.6 Å². The highest BCUT2D eigenvalue weighted by Crippen LogP contribution is 2.29. The molecule has 0 aliphatic carbocycles. The number of rotatable bonds is 6. The fourth-order valence-electron chi connectivity index (χ4n) is 2.39.